The molecule has 4 heteroatoms. The van der Waals surface area contributed by atoms with Gasteiger partial charge in [-0.2, -0.15) is 4.98 Å². The van der Waals surface area contributed by atoms with Gasteiger partial charge in [-0.15, -0.1) is 0 Å². The molecule has 1 aliphatic rings. The fourth-order valence-electron chi connectivity index (χ4n) is 1.42. The summed E-state index contributed by atoms with van der Waals surface area (Å²) in [5, 5.41) is 0. The molecule has 1 fully saturated rings. The van der Waals surface area contributed by atoms with Gasteiger partial charge in [0.25, 0.3) is 0 Å². The van der Waals surface area contributed by atoms with Crippen LogP contribution in [0.1, 0.15) is 30.0 Å². The van der Waals surface area contributed by atoms with Crippen LogP contribution in [-0.2, 0) is 6.54 Å². The van der Waals surface area contributed by atoms with E-state index in [1.54, 1.807) is 13.3 Å². The van der Waals surface area contributed by atoms with Gasteiger partial charge < -0.3 is 9.58 Å². The minimum absolute atomic E-state index is 0.371. The van der Waals surface area contributed by atoms with Crippen molar-refractivity contribution in [3.8, 4) is 6.01 Å². The molecular weight excluding hydrogens is 178 g/mol. The number of rotatable bonds is 3. The molecule has 0 N–H and O–H groups in total. The Morgan fingerprint density at radius 1 is 1.64 bits per heavy atom. The lowest BCUT2D eigenvalue weighted by molar-refractivity contribution is 0.377. The molecule has 2 rings (SSSR count). The Morgan fingerprint density at radius 2 is 2.43 bits per heavy atom. The lowest BCUT2D eigenvalue weighted by Crippen LogP contribution is -2.00. The van der Waals surface area contributed by atoms with E-state index in [0.29, 0.717) is 18.5 Å². The van der Waals surface area contributed by atoms with Crippen molar-refractivity contribution in [3.63, 3.8) is 0 Å². The molecule has 0 bridgehead atoms. The number of aromatic nitrogens is 2. The highest BCUT2D eigenvalue weighted by Crippen LogP contribution is 2.41. The molecule has 4 nitrogen and oxygen atoms in total. The summed E-state index contributed by atoms with van der Waals surface area (Å²) in [6.45, 7) is 7.21. The van der Waals surface area contributed by atoms with E-state index in [2.05, 4.69) is 14.8 Å². The quantitative estimate of drug-likeness (QED) is 0.680. The minimum Gasteiger partial charge on any atom is -0.467 e. The Balaban J connectivity index is 2.34. The van der Waals surface area contributed by atoms with Crippen LogP contribution in [0.15, 0.2) is 6.20 Å². The molecule has 72 valence electrons. The van der Waals surface area contributed by atoms with Crippen molar-refractivity contribution in [2.45, 2.75) is 25.3 Å². The second-order valence-corrected chi connectivity index (χ2v) is 3.36. The van der Waals surface area contributed by atoms with Gasteiger partial charge >= 0.3 is 6.01 Å². The van der Waals surface area contributed by atoms with E-state index >= 15 is 0 Å². The highest BCUT2D eigenvalue weighted by Gasteiger charge is 2.29. The van der Waals surface area contributed by atoms with Gasteiger partial charge in [-0.1, -0.05) is 0 Å². The molecular formula is C10H11N3O. The molecule has 0 amide bonds. The van der Waals surface area contributed by atoms with Gasteiger partial charge in [-0.05, 0) is 12.8 Å². The summed E-state index contributed by atoms with van der Waals surface area (Å²) in [4.78, 5) is 11.7. The number of nitrogens with zero attached hydrogens (tertiary/aromatic N) is 3. The van der Waals surface area contributed by atoms with Crippen LogP contribution in [-0.4, -0.2) is 17.1 Å². The maximum Gasteiger partial charge on any atom is 0.316 e. The van der Waals surface area contributed by atoms with Crippen molar-refractivity contribution in [2.24, 2.45) is 0 Å². The molecule has 0 radical (unpaired) electrons. The molecule has 14 heavy (non-hydrogen) atoms. The molecule has 0 aromatic carbocycles. The smallest absolute Gasteiger partial charge is 0.316 e. The molecule has 0 atom stereocenters. The van der Waals surface area contributed by atoms with Crippen LogP contribution in [0, 0.1) is 6.57 Å². The maximum atomic E-state index is 6.83. The van der Waals surface area contributed by atoms with E-state index in [1.807, 2.05) is 0 Å². The van der Waals surface area contributed by atoms with Gasteiger partial charge in [0.15, 0.2) is 0 Å². The van der Waals surface area contributed by atoms with Crippen LogP contribution in [0.5, 0.6) is 6.01 Å². The summed E-state index contributed by atoms with van der Waals surface area (Å²) in [6.07, 6.45) is 4.05. The monoisotopic (exact) mass is 189 g/mol. The highest BCUT2D eigenvalue weighted by atomic mass is 16.5. The minimum atomic E-state index is 0.371. The van der Waals surface area contributed by atoms with Gasteiger partial charge in [0, 0.05) is 12.1 Å². The Bertz CT molecular complexity index is 379. The van der Waals surface area contributed by atoms with E-state index in [0.717, 1.165) is 11.3 Å². The van der Waals surface area contributed by atoms with Crippen LogP contribution in [0.3, 0.4) is 0 Å². The average Bonchev–Trinajstić information content (AvgIpc) is 3.02. The van der Waals surface area contributed by atoms with Crippen molar-refractivity contribution in [2.75, 3.05) is 7.11 Å². The SMILES string of the molecule is [C-]#[N+]Cc1cnc(OC)nc1C1CC1. The Labute approximate surface area is 82.8 Å². The van der Waals surface area contributed by atoms with Crippen molar-refractivity contribution >= 4 is 0 Å². The van der Waals surface area contributed by atoms with E-state index in [1.165, 1.54) is 12.8 Å². The van der Waals surface area contributed by atoms with Gasteiger partial charge in [-0.25, -0.2) is 11.6 Å². The summed E-state index contributed by atoms with van der Waals surface area (Å²) in [7, 11) is 1.56. The third kappa shape index (κ3) is 1.67. The lowest BCUT2D eigenvalue weighted by Gasteiger charge is -2.03. The van der Waals surface area contributed by atoms with Crippen LogP contribution >= 0.6 is 0 Å². The third-order valence-corrected chi connectivity index (χ3v) is 2.27. The van der Waals surface area contributed by atoms with Crippen molar-refractivity contribution < 1.29 is 4.74 Å². The van der Waals surface area contributed by atoms with Gasteiger partial charge in [0.2, 0.25) is 6.54 Å². The molecule has 1 saturated carbocycles. The summed E-state index contributed by atoms with van der Waals surface area (Å²) in [6, 6.07) is 0.403. The number of hydrogen-bond donors (Lipinski definition) is 0. The van der Waals surface area contributed by atoms with E-state index in [9.17, 15) is 0 Å². The van der Waals surface area contributed by atoms with E-state index in [4.69, 9.17) is 11.3 Å². The largest absolute Gasteiger partial charge is 0.467 e. The second kappa shape index (κ2) is 3.62. The summed E-state index contributed by atoms with van der Waals surface area (Å²) >= 11 is 0. The molecule has 1 aromatic heterocycles. The molecule has 0 saturated heterocycles. The zero-order chi connectivity index (χ0) is 9.97. The standard InChI is InChI=1S/C10H11N3O/c1-11-5-8-6-12-10(14-2)13-9(8)7-3-4-7/h6-7H,3-5H2,2H3. The molecule has 1 aliphatic carbocycles. The predicted octanol–water partition coefficient (Wildman–Crippen LogP) is 1.78. The fourth-order valence-corrected chi connectivity index (χ4v) is 1.42. The topological polar surface area (TPSA) is 39.4 Å². The maximum absolute atomic E-state index is 6.83. The predicted molar refractivity (Wildman–Crippen MR) is 50.9 cm³/mol. The van der Waals surface area contributed by atoms with Gasteiger partial charge in [-0.3, -0.25) is 0 Å². The molecule has 1 aromatic rings. The molecule has 0 spiro atoms. The molecule has 0 aliphatic heterocycles. The average molecular weight is 189 g/mol. The van der Waals surface area contributed by atoms with Crippen LogP contribution in [0.25, 0.3) is 4.85 Å². The zero-order valence-electron chi connectivity index (χ0n) is 8.03. The third-order valence-electron chi connectivity index (χ3n) is 2.27. The first-order chi connectivity index (χ1) is 6.85. The molecule has 1 heterocycles. The van der Waals surface area contributed by atoms with Crippen LogP contribution < -0.4 is 4.74 Å². The fraction of sp³-hybridized carbons (Fsp3) is 0.500. The molecule has 0 unspecified atom stereocenters. The van der Waals surface area contributed by atoms with Gasteiger partial charge in [0.05, 0.1) is 18.4 Å². The number of methoxy groups -OCH3 is 1. The lowest BCUT2D eigenvalue weighted by atomic mass is 10.1. The summed E-state index contributed by atoms with van der Waals surface area (Å²) in [5.74, 6) is 0.531. The normalized spacial score (nSPS) is 14.9. The summed E-state index contributed by atoms with van der Waals surface area (Å²) in [5.41, 5.74) is 1.95. The summed E-state index contributed by atoms with van der Waals surface area (Å²) < 4.78 is 4.97. The van der Waals surface area contributed by atoms with E-state index < -0.39 is 0 Å². The second-order valence-electron chi connectivity index (χ2n) is 3.36. The Hall–Kier alpha value is -1.63. The highest BCUT2D eigenvalue weighted by molar-refractivity contribution is 5.27. The van der Waals surface area contributed by atoms with Crippen molar-refractivity contribution in [1.29, 1.82) is 0 Å². The first-order valence-electron chi connectivity index (χ1n) is 4.58. The Kier molecular flexibility index (Phi) is 2.32. The van der Waals surface area contributed by atoms with Crippen molar-refractivity contribution in [1.82, 2.24) is 9.97 Å². The van der Waals surface area contributed by atoms with Crippen molar-refractivity contribution in [3.05, 3.63) is 28.9 Å². The van der Waals surface area contributed by atoms with E-state index in [-0.39, 0.29) is 0 Å². The zero-order valence-corrected chi connectivity index (χ0v) is 8.03. The van der Waals surface area contributed by atoms with Crippen LogP contribution in [0.4, 0.5) is 0 Å². The number of ether oxygens (including phenoxy) is 1. The van der Waals surface area contributed by atoms with Crippen LogP contribution in [0.2, 0.25) is 0 Å². The first-order valence-corrected chi connectivity index (χ1v) is 4.58. The Morgan fingerprint density at radius 3 is 3.00 bits per heavy atom. The van der Waals surface area contributed by atoms with Gasteiger partial charge in [0.1, 0.15) is 0 Å². The first kappa shape index (κ1) is 8.95. The number of hydrogen-bond acceptors (Lipinski definition) is 3.